The molecule has 5 atom stereocenters. The maximum Gasteiger partial charge on any atom is 0.330 e. The number of carbonyl (C=O) groups is 3. The van der Waals surface area contributed by atoms with Gasteiger partial charge in [-0.1, -0.05) is 54.5 Å². The number of allylic oxidation sites excluding steroid dienone is 1. The Balaban J connectivity index is 1.29. The van der Waals surface area contributed by atoms with Gasteiger partial charge in [0.1, 0.15) is 29.5 Å². The summed E-state index contributed by atoms with van der Waals surface area (Å²) in [6.07, 6.45) is 7.65. The Labute approximate surface area is 246 Å². The number of aliphatic carboxylic acids is 1. The van der Waals surface area contributed by atoms with Gasteiger partial charge in [0.25, 0.3) is 5.19 Å². The van der Waals surface area contributed by atoms with Crippen LogP contribution in [-0.4, -0.2) is 63.0 Å². The van der Waals surface area contributed by atoms with E-state index in [-0.39, 0.29) is 24.8 Å². The van der Waals surface area contributed by atoms with Crippen molar-refractivity contribution in [3.8, 4) is 5.19 Å². The van der Waals surface area contributed by atoms with Gasteiger partial charge in [0.15, 0.2) is 0 Å². The summed E-state index contributed by atoms with van der Waals surface area (Å²) in [7, 11) is 0. The van der Waals surface area contributed by atoms with E-state index in [1.54, 1.807) is 12.1 Å². The van der Waals surface area contributed by atoms with Gasteiger partial charge >= 0.3 is 5.97 Å². The number of amides is 2. The van der Waals surface area contributed by atoms with E-state index in [2.05, 4.69) is 15.6 Å². The highest BCUT2D eigenvalue weighted by Gasteiger charge is 2.61. The lowest BCUT2D eigenvalue weighted by atomic mass is 10.0. The summed E-state index contributed by atoms with van der Waals surface area (Å²) in [6, 6.07) is 12.0. The molecule has 1 saturated carbocycles. The van der Waals surface area contributed by atoms with Gasteiger partial charge in [0.05, 0.1) is 16.8 Å². The zero-order valence-corrected chi connectivity index (χ0v) is 23.8. The van der Waals surface area contributed by atoms with Crippen LogP contribution in [0.15, 0.2) is 60.7 Å². The molecule has 1 aliphatic carbocycles. The fraction of sp³-hybridized carbons (Fsp3) is 0.419. The molecular formula is C31H33FN4O5S. The van der Waals surface area contributed by atoms with Gasteiger partial charge in [-0.25, -0.2) is 14.2 Å². The lowest BCUT2D eigenvalue weighted by Gasteiger charge is -2.30. The summed E-state index contributed by atoms with van der Waals surface area (Å²) in [5, 5.41) is 16.5. The Hall–Kier alpha value is -3.99. The van der Waals surface area contributed by atoms with Gasteiger partial charge in [0.2, 0.25) is 11.8 Å². The average Bonchev–Trinajstić information content (AvgIpc) is 3.28. The number of aromatic nitrogens is 1. The molecule has 3 aliphatic rings. The van der Waals surface area contributed by atoms with Gasteiger partial charge in [-0.2, -0.15) is 0 Å². The van der Waals surface area contributed by atoms with Gasteiger partial charge in [-0.05, 0) is 56.0 Å². The number of fused-ring (bicyclic) bond motifs is 3. The Morgan fingerprint density at radius 2 is 2.02 bits per heavy atom. The lowest BCUT2D eigenvalue weighted by Crippen LogP contribution is -2.55. The number of benzene rings is 2. The zero-order chi connectivity index (χ0) is 29.3. The fourth-order valence-corrected chi connectivity index (χ4v) is 6.85. The molecule has 42 heavy (non-hydrogen) atoms. The average molecular weight is 593 g/mol. The highest BCUT2D eigenvalue weighted by molar-refractivity contribution is 7.20. The summed E-state index contributed by atoms with van der Waals surface area (Å²) < 4.78 is 21.2. The number of rotatable bonds is 5. The molecule has 0 unspecified atom stereocenters. The van der Waals surface area contributed by atoms with Crippen LogP contribution < -0.4 is 15.4 Å². The second kappa shape index (κ2) is 11.7. The molecule has 1 aromatic heterocycles. The van der Waals surface area contributed by atoms with E-state index in [0.29, 0.717) is 23.7 Å². The molecule has 0 spiro atoms. The summed E-state index contributed by atoms with van der Waals surface area (Å²) in [5.41, 5.74) is -0.106. The van der Waals surface area contributed by atoms with Crippen LogP contribution in [0.2, 0.25) is 0 Å². The molecule has 3 aromatic rings. The number of halogens is 1. The quantitative estimate of drug-likeness (QED) is 0.366. The van der Waals surface area contributed by atoms with E-state index < -0.39 is 41.4 Å². The summed E-state index contributed by atoms with van der Waals surface area (Å²) in [6.45, 7) is 0.136. The highest BCUT2D eigenvalue weighted by atomic mass is 32.1. The number of hydrogen-bond donors (Lipinski definition) is 3. The Morgan fingerprint density at radius 3 is 2.83 bits per heavy atom. The van der Waals surface area contributed by atoms with Crippen molar-refractivity contribution in [3.05, 3.63) is 66.5 Å². The normalized spacial score (nSPS) is 29.0. The van der Waals surface area contributed by atoms with Crippen LogP contribution >= 0.6 is 11.3 Å². The number of carbonyl (C=O) groups excluding carboxylic acids is 2. The van der Waals surface area contributed by atoms with Crippen LogP contribution in [-0.2, 0) is 14.4 Å². The molecule has 9 nitrogen and oxygen atoms in total. The molecule has 2 aromatic carbocycles. The monoisotopic (exact) mass is 592 g/mol. The van der Waals surface area contributed by atoms with Gasteiger partial charge < -0.3 is 25.4 Å². The second-order valence-electron chi connectivity index (χ2n) is 11.3. The molecule has 2 amide bonds. The highest BCUT2D eigenvalue weighted by Crippen LogP contribution is 2.45. The largest absolute Gasteiger partial charge is 0.479 e. The third-order valence-electron chi connectivity index (χ3n) is 8.33. The number of para-hydroxylation sites is 1. The lowest BCUT2D eigenvalue weighted by molar-refractivity contribution is -0.145. The van der Waals surface area contributed by atoms with Crippen LogP contribution in [0, 0.1) is 11.7 Å². The third-order valence-corrected chi connectivity index (χ3v) is 9.26. The van der Waals surface area contributed by atoms with Crippen molar-refractivity contribution in [2.45, 2.75) is 68.7 Å². The molecule has 220 valence electrons. The minimum absolute atomic E-state index is 0.136. The molecule has 3 heterocycles. The molecule has 0 radical (unpaired) electrons. The predicted octanol–water partition coefficient (Wildman–Crippen LogP) is 4.74. The van der Waals surface area contributed by atoms with Crippen molar-refractivity contribution in [2.75, 3.05) is 11.9 Å². The first-order valence-electron chi connectivity index (χ1n) is 14.4. The van der Waals surface area contributed by atoms with Crippen LogP contribution in [0.4, 0.5) is 10.1 Å². The van der Waals surface area contributed by atoms with Crippen molar-refractivity contribution in [1.29, 1.82) is 0 Å². The SMILES string of the molecule is O=C1N[C@]2(C(=O)O)C[C@@H]2/C=C\CCCCC[C@H](Nc2cccc(F)c2)C(=O)N2C[C@H](Oc3nc4ccccc4s3)C[C@@H]12. The third kappa shape index (κ3) is 5.83. The van der Waals surface area contributed by atoms with Gasteiger partial charge in [0, 0.05) is 18.0 Å². The van der Waals surface area contributed by atoms with Crippen LogP contribution in [0.1, 0.15) is 44.9 Å². The molecule has 0 bridgehead atoms. The summed E-state index contributed by atoms with van der Waals surface area (Å²) >= 11 is 1.39. The van der Waals surface area contributed by atoms with E-state index >= 15 is 0 Å². The van der Waals surface area contributed by atoms with Crippen molar-refractivity contribution in [3.63, 3.8) is 0 Å². The second-order valence-corrected chi connectivity index (χ2v) is 12.3. The summed E-state index contributed by atoms with van der Waals surface area (Å²) in [5.74, 6) is -2.63. The first kappa shape index (κ1) is 28.1. The first-order valence-corrected chi connectivity index (χ1v) is 15.2. The van der Waals surface area contributed by atoms with Gasteiger partial charge in [-0.15, -0.1) is 0 Å². The van der Waals surface area contributed by atoms with Crippen LogP contribution in [0.5, 0.6) is 5.19 Å². The minimum Gasteiger partial charge on any atom is -0.479 e. The number of carboxylic acids is 1. The molecular weight excluding hydrogens is 559 g/mol. The van der Waals surface area contributed by atoms with Crippen LogP contribution in [0.25, 0.3) is 10.2 Å². The topological polar surface area (TPSA) is 121 Å². The molecule has 2 aliphatic heterocycles. The van der Waals surface area contributed by atoms with Crippen molar-refractivity contribution >= 4 is 45.0 Å². The standard InChI is InChI=1S/C31H33FN4O5S/c32-20-10-8-11-21(15-20)33-24-13-5-3-1-2-4-9-19-17-31(19,29(39)40)35-27(37)25-16-22(18-36(25)28(24)38)41-30-34-23-12-6-7-14-26(23)42-30/h4,6-12,14-15,19,22,24-25,33H,1-3,5,13,16-18H2,(H,35,37)(H,39,40)/b9-4-/t19-,22+,24-,25-,31+/m0/s1. The van der Waals surface area contributed by atoms with Crippen molar-refractivity contribution < 1.29 is 28.6 Å². The number of ether oxygens (including phenoxy) is 1. The molecule has 11 heteroatoms. The van der Waals surface area contributed by atoms with E-state index in [0.717, 1.165) is 35.9 Å². The van der Waals surface area contributed by atoms with Crippen molar-refractivity contribution in [1.82, 2.24) is 15.2 Å². The fourth-order valence-electron chi connectivity index (χ4n) is 5.97. The van der Waals surface area contributed by atoms with E-state index in [1.807, 2.05) is 36.4 Å². The number of nitrogens with zero attached hydrogens (tertiary/aromatic N) is 2. The van der Waals surface area contributed by atoms with E-state index in [4.69, 9.17) is 4.74 Å². The predicted molar refractivity (Wildman–Crippen MR) is 157 cm³/mol. The molecule has 3 N–H and O–H groups in total. The van der Waals surface area contributed by atoms with E-state index in [9.17, 15) is 23.9 Å². The number of carboxylic acid groups (broad SMARTS) is 1. The summed E-state index contributed by atoms with van der Waals surface area (Å²) in [4.78, 5) is 46.2. The smallest absolute Gasteiger partial charge is 0.330 e. The Bertz CT molecular complexity index is 1490. The number of hydrogen-bond acceptors (Lipinski definition) is 7. The number of nitrogens with one attached hydrogen (secondary N) is 2. The molecule has 1 saturated heterocycles. The maximum absolute atomic E-state index is 14.1. The number of thiazole rings is 1. The van der Waals surface area contributed by atoms with Gasteiger partial charge in [-0.3, -0.25) is 9.59 Å². The maximum atomic E-state index is 14.1. The minimum atomic E-state index is -1.38. The number of anilines is 1. The van der Waals surface area contributed by atoms with Crippen LogP contribution in [0.3, 0.4) is 0 Å². The zero-order valence-electron chi connectivity index (χ0n) is 23.0. The molecule has 6 rings (SSSR count). The van der Waals surface area contributed by atoms with E-state index in [1.165, 1.54) is 28.4 Å². The van der Waals surface area contributed by atoms with Crippen molar-refractivity contribution in [2.24, 2.45) is 5.92 Å². The molecule has 2 fully saturated rings. The Morgan fingerprint density at radius 1 is 1.17 bits per heavy atom. The first-order chi connectivity index (χ1) is 20.3. The Kier molecular flexibility index (Phi) is 7.85.